The van der Waals surface area contributed by atoms with Gasteiger partial charge in [-0.25, -0.2) is 4.79 Å². The third-order valence-electron chi connectivity index (χ3n) is 5.41. The van der Waals surface area contributed by atoms with Crippen molar-refractivity contribution in [3.05, 3.63) is 82.1 Å². The summed E-state index contributed by atoms with van der Waals surface area (Å²) in [6.07, 6.45) is 0. The second kappa shape index (κ2) is 8.99. The van der Waals surface area contributed by atoms with Crippen molar-refractivity contribution >= 4 is 17.7 Å². The molecular formula is C26H29NO5. The van der Waals surface area contributed by atoms with Gasteiger partial charge in [0.1, 0.15) is 0 Å². The fourth-order valence-corrected chi connectivity index (χ4v) is 3.80. The number of aryl methyl sites for hydroxylation is 1. The Morgan fingerprint density at radius 1 is 1.09 bits per heavy atom. The standard InChI is InChI=1S/C26H29NO5/c1-6-32-25(31)18-12-10-17(11-13-18)15-27-21(19-9-7-8-16(2)14-19)20(22(28)24(27)30)23(29)26(3,4)5/h7-14,21,28H,6,15H2,1-5H3. The number of nitrogens with zero attached hydrogens (tertiary/aromatic N) is 1. The van der Waals surface area contributed by atoms with Crippen LogP contribution in [0.25, 0.3) is 0 Å². The lowest BCUT2D eigenvalue weighted by atomic mass is 9.82. The summed E-state index contributed by atoms with van der Waals surface area (Å²) in [5.74, 6) is -1.76. The molecule has 3 rings (SSSR count). The minimum atomic E-state index is -0.761. The number of aliphatic hydroxyl groups is 1. The van der Waals surface area contributed by atoms with Crippen LogP contribution in [-0.4, -0.2) is 34.3 Å². The van der Waals surface area contributed by atoms with E-state index in [0.29, 0.717) is 5.56 Å². The second-order valence-electron chi connectivity index (χ2n) is 9.01. The first kappa shape index (κ1) is 23.3. The molecule has 1 amide bonds. The first-order valence-corrected chi connectivity index (χ1v) is 10.7. The maximum atomic E-state index is 13.2. The molecule has 1 heterocycles. The summed E-state index contributed by atoms with van der Waals surface area (Å²) in [7, 11) is 0. The Kier molecular flexibility index (Phi) is 6.53. The molecule has 1 N–H and O–H groups in total. The van der Waals surface area contributed by atoms with E-state index in [0.717, 1.165) is 16.7 Å². The van der Waals surface area contributed by atoms with Crippen molar-refractivity contribution in [2.45, 2.75) is 47.2 Å². The van der Waals surface area contributed by atoms with Gasteiger partial charge in [-0.15, -0.1) is 0 Å². The van der Waals surface area contributed by atoms with Crippen LogP contribution in [0.4, 0.5) is 0 Å². The van der Waals surface area contributed by atoms with Crippen molar-refractivity contribution in [1.82, 2.24) is 4.90 Å². The van der Waals surface area contributed by atoms with Crippen molar-refractivity contribution in [1.29, 1.82) is 0 Å². The number of amides is 1. The molecule has 1 unspecified atom stereocenters. The van der Waals surface area contributed by atoms with Crippen molar-refractivity contribution < 1.29 is 24.2 Å². The topological polar surface area (TPSA) is 83.9 Å². The Bertz CT molecular complexity index is 1080. The molecule has 0 saturated heterocycles. The number of carbonyl (C=O) groups excluding carboxylic acids is 3. The predicted octanol–water partition coefficient (Wildman–Crippen LogP) is 4.68. The van der Waals surface area contributed by atoms with Crippen molar-refractivity contribution in [3.63, 3.8) is 0 Å². The summed E-state index contributed by atoms with van der Waals surface area (Å²) in [5.41, 5.74) is 2.30. The van der Waals surface area contributed by atoms with Crippen LogP contribution in [0.2, 0.25) is 0 Å². The van der Waals surface area contributed by atoms with Crippen LogP contribution in [0, 0.1) is 12.3 Å². The van der Waals surface area contributed by atoms with Crippen LogP contribution in [0.5, 0.6) is 0 Å². The molecule has 2 aromatic carbocycles. The smallest absolute Gasteiger partial charge is 0.338 e. The van der Waals surface area contributed by atoms with Gasteiger partial charge in [0.05, 0.1) is 23.8 Å². The van der Waals surface area contributed by atoms with Gasteiger partial charge in [0.15, 0.2) is 11.5 Å². The van der Waals surface area contributed by atoms with E-state index in [4.69, 9.17) is 4.74 Å². The summed E-state index contributed by atoms with van der Waals surface area (Å²) in [5, 5.41) is 10.7. The number of hydrogen-bond acceptors (Lipinski definition) is 5. The summed E-state index contributed by atoms with van der Waals surface area (Å²) in [6, 6.07) is 13.7. The molecule has 1 atom stereocenters. The van der Waals surface area contributed by atoms with Crippen LogP contribution in [0.15, 0.2) is 59.9 Å². The van der Waals surface area contributed by atoms with Crippen LogP contribution >= 0.6 is 0 Å². The molecule has 2 aromatic rings. The van der Waals surface area contributed by atoms with Crippen LogP contribution in [-0.2, 0) is 20.9 Å². The Morgan fingerprint density at radius 3 is 2.31 bits per heavy atom. The zero-order valence-corrected chi connectivity index (χ0v) is 19.1. The highest BCUT2D eigenvalue weighted by Gasteiger charge is 2.45. The van der Waals surface area contributed by atoms with E-state index in [2.05, 4.69) is 0 Å². The van der Waals surface area contributed by atoms with Gasteiger partial charge >= 0.3 is 5.97 Å². The monoisotopic (exact) mass is 435 g/mol. The van der Waals surface area contributed by atoms with Crippen LogP contribution in [0.3, 0.4) is 0 Å². The van der Waals surface area contributed by atoms with Crippen LogP contribution in [0.1, 0.15) is 60.8 Å². The number of benzene rings is 2. The number of aliphatic hydroxyl groups excluding tert-OH is 1. The first-order valence-electron chi connectivity index (χ1n) is 10.7. The van der Waals surface area contributed by atoms with E-state index in [1.54, 1.807) is 52.0 Å². The Hall–Kier alpha value is -3.41. The lowest BCUT2D eigenvalue weighted by Crippen LogP contribution is -2.32. The average molecular weight is 436 g/mol. The van der Waals surface area contributed by atoms with E-state index in [1.807, 2.05) is 31.2 Å². The lowest BCUT2D eigenvalue weighted by molar-refractivity contribution is -0.130. The molecule has 0 spiro atoms. The molecule has 1 aliphatic rings. The van der Waals surface area contributed by atoms with Gasteiger partial charge in [0.2, 0.25) is 0 Å². The molecule has 0 bridgehead atoms. The molecule has 0 aliphatic carbocycles. The SMILES string of the molecule is CCOC(=O)c1ccc(CN2C(=O)C(O)=C(C(=O)C(C)(C)C)C2c2cccc(C)c2)cc1. The molecule has 0 fully saturated rings. The van der Waals surface area contributed by atoms with E-state index < -0.39 is 29.1 Å². The summed E-state index contributed by atoms with van der Waals surface area (Å²) in [6.45, 7) is 9.45. The fourth-order valence-electron chi connectivity index (χ4n) is 3.80. The molecule has 6 nitrogen and oxygen atoms in total. The maximum Gasteiger partial charge on any atom is 0.338 e. The van der Waals surface area contributed by atoms with Gasteiger partial charge in [0, 0.05) is 12.0 Å². The Balaban J connectivity index is 2.00. The van der Waals surface area contributed by atoms with Gasteiger partial charge in [-0.3, -0.25) is 9.59 Å². The second-order valence-corrected chi connectivity index (χ2v) is 9.01. The highest BCUT2D eigenvalue weighted by atomic mass is 16.5. The normalized spacial score (nSPS) is 16.5. The molecular weight excluding hydrogens is 406 g/mol. The molecule has 1 aliphatic heterocycles. The zero-order chi connectivity index (χ0) is 23.6. The number of carbonyl (C=O) groups is 3. The van der Waals surface area contributed by atoms with E-state index >= 15 is 0 Å². The van der Waals surface area contributed by atoms with E-state index in [-0.39, 0.29) is 24.5 Å². The maximum absolute atomic E-state index is 13.2. The Labute approximate surface area is 188 Å². The third kappa shape index (κ3) is 4.59. The zero-order valence-electron chi connectivity index (χ0n) is 19.1. The van der Waals surface area contributed by atoms with Crippen molar-refractivity contribution in [3.8, 4) is 0 Å². The molecule has 0 radical (unpaired) electrons. The highest BCUT2D eigenvalue weighted by molar-refractivity contribution is 6.10. The minimum absolute atomic E-state index is 0.122. The summed E-state index contributed by atoms with van der Waals surface area (Å²) in [4.78, 5) is 39.7. The quantitative estimate of drug-likeness (QED) is 0.666. The lowest BCUT2D eigenvalue weighted by Gasteiger charge is -2.29. The number of ketones is 1. The van der Waals surface area contributed by atoms with Gasteiger partial charge < -0.3 is 14.7 Å². The van der Waals surface area contributed by atoms with Gasteiger partial charge in [-0.05, 0) is 37.1 Å². The molecule has 168 valence electrons. The summed E-state index contributed by atoms with van der Waals surface area (Å²) < 4.78 is 5.01. The number of Topliss-reactive ketones (excluding diaryl/α,β-unsaturated/α-hetero) is 1. The largest absolute Gasteiger partial charge is 0.503 e. The number of ether oxygens (including phenoxy) is 1. The molecule has 0 saturated carbocycles. The summed E-state index contributed by atoms with van der Waals surface area (Å²) >= 11 is 0. The first-order chi connectivity index (χ1) is 15.0. The van der Waals surface area contributed by atoms with Gasteiger partial charge in [-0.2, -0.15) is 0 Å². The highest BCUT2D eigenvalue weighted by Crippen LogP contribution is 2.41. The molecule has 6 heteroatoms. The number of rotatable bonds is 6. The number of esters is 1. The van der Waals surface area contributed by atoms with Crippen molar-refractivity contribution in [2.24, 2.45) is 5.41 Å². The number of hydrogen-bond donors (Lipinski definition) is 1. The van der Waals surface area contributed by atoms with Gasteiger partial charge in [-0.1, -0.05) is 62.7 Å². The van der Waals surface area contributed by atoms with E-state index in [1.165, 1.54) is 4.90 Å². The fraction of sp³-hybridized carbons (Fsp3) is 0.346. The Morgan fingerprint density at radius 2 is 1.75 bits per heavy atom. The molecule has 32 heavy (non-hydrogen) atoms. The average Bonchev–Trinajstić information content (AvgIpc) is 2.98. The van der Waals surface area contributed by atoms with Crippen LogP contribution < -0.4 is 0 Å². The minimum Gasteiger partial charge on any atom is -0.503 e. The predicted molar refractivity (Wildman–Crippen MR) is 121 cm³/mol. The van der Waals surface area contributed by atoms with Gasteiger partial charge in [0.25, 0.3) is 5.91 Å². The van der Waals surface area contributed by atoms with Crippen molar-refractivity contribution in [2.75, 3.05) is 6.61 Å². The van der Waals surface area contributed by atoms with E-state index in [9.17, 15) is 19.5 Å². The molecule has 0 aromatic heterocycles. The third-order valence-corrected chi connectivity index (χ3v) is 5.41.